The molecule has 6 nitrogen and oxygen atoms in total. The van der Waals surface area contributed by atoms with Crippen molar-refractivity contribution in [1.82, 2.24) is 9.80 Å². The van der Waals surface area contributed by atoms with Gasteiger partial charge in [0.15, 0.2) is 9.84 Å². The fourth-order valence-corrected chi connectivity index (χ4v) is 5.85. The zero-order valence-electron chi connectivity index (χ0n) is 14.9. The molecule has 26 heavy (non-hydrogen) atoms. The van der Waals surface area contributed by atoms with Crippen LogP contribution in [0.3, 0.4) is 0 Å². The van der Waals surface area contributed by atoms with E-state index in [1.54, 1.807) is 34.1 Å². The third-order valence-electron chi connectivity index (χ3n) is 4.93. The maximum absolute atomic E-state index is 12.9. The van der Waals surface area contributed by atoms with Crippen LogP contribution >= 0.6 is 11.6 Å². The van der Waals surface area contributed by atoms with Gasteiger partial charge in [-0.25, -0.2) is 8.42 Å². The number of sulfone groups is 1. The molecule has 2 aliphatic rings. The molecule has 0 saturated carbocycles. The molecule has 1 aromatic carbocycles. The molecule has 0 N–H and O–H groups in total. The molecular formula is C18H23ClN2O4S. The molecule has 0 radical (unpaired) electrons. The lowest BCUT2D eigenvalue weighted by molar-refractivity contribution is -0.137. The quantitative estimate of drug-likeness (QED) is 0.778. The van der Waals surface area contributed by atoms with Crippen LogP contribution in [0, 0.1) is 5.92 Å². The van der Waals surface area contributed by atoms with Gasteiger partial charge in [-0.05, 0) is 30.2 Å². The van der Waals surface area contributed by atoms with E-state index in [4.69, 9.17) is 11.6 Å². The Morgan fingerprint density at radius 2 is 1.62 bits per heavy atom. The first kappa shape index (κ1) is 19.2. The molecular weight excluding hydrogens is 376 g/mol. The smallest absolute Gasteiger partial charge is 0.254 e. The molecule has 2 saturated heterocycles. The Labute approximate surface area is 159 Å². The predicted octanol–water partition coefficient (Wildman–Crippen LogP) is 1.84. The lowest BCUT2D eigenvalue weighted by Gasteiger charge is -2.44. The highest BCUT2D eigenvalue weighted by molar-refractivity contribution is 7.91. The van der Waals surface area contributed by atoms with E-state index >= 15 is 0 Å². The number of benzene rings is 1. The van der Waals surface area contributed by atoms with Crippen LogP contribution < -0.4 is 0 Å². The maximum atomic E-state index is 12.9. The van der Waals surface area contributed by atoms with E-state index in [1.165, 1.54) is 0 Å². The minimum atomic E-state index is -3.29. The first-order valence-electron chi connectivity index (χ1n) is 8.74. The standard InChI is InChI=1S/C18H23ClN2O4S/c1-12(2)9-17(22)20-7-8-21(16-11-26(24,25)10-15(16)20)18(23)13-3-5-14(19)6-4-13/h3-6,12,15-16H,7-11H2,1-2H3/t15-,16+/m1/s1. The van der Waals surface area contributed by atoms with Gasteiger partial charge in [0.1, 0.15) is 0 Å². The van der Waals surface area contributed by atoms with Crippen LogP contribution in [0.25, 0.3) is 0 Å². The number of halogens is 1. The van der Waals surface area contributed by atoms with Gasteiger partial charge in [0, 0.05) is 30.1 Å². The SMILES string of the molecule is CC(C)CC(=O)N1CCN(C(=O)c2ccc(Cl)cc2)[C@H]2CS(=O)(=O)C[C@H]21. The third-order valence-corrected chi connectivity index (χ3v) is 6.88. The fraction of sp³-hybridized carbons (Fsp3) is 0.556. The average molecular weight is 399 g/mol. The van der Waals surface area contributed by atoms with Crippen LogP contribution in [0.1, 0.15) is 30.6 Å². The summed E-state index contributed by atoms with van der Waals surface area (Å²) in [5.41, 5.74) is 0.472. The molecule has 142 valence electrons. The Bertz CT molecular complexity index is 807. The van der Waals surface area contributed by atoms with Crippen LogP contribution in [0.4, 0.5) is 0 Å². The predicted molar refractivity (Wildman–Crippen MR) is 99.9 cm³/mol. The van der Waals surface area contributed by atoms with Gasteiger partial charge in [-0.1, -0.05) is 25.4 Å². The van der Waals surface area contributed by atoms with E-state index in [0.717, 1.165) is 0 Å². The van der Waals surface area contributed by atoms with Crippen molar-refractivity contribution >= 4 is 33.3 Å². The number of fused-ring (bicyclic) bond motifs is 1. The molecule has 0 spiro atoms. The van der Waals surface area contributed by atoms with E-state index in [0.29, 0.717) is 30.1 Å². The zero-order chi connectivity index (χ0) is 19.1. The number of carbonyl (C=O) groups is 2. The second-order valence-electron chi connectivity index (χ2n) is 7.40. The second-order valence-corrected chi connectivity index (χ2v) is 9.99. The number of rotatable bonds is 3. The molecule has 1 aromatic rings. The van der Waals surface area contributed by atoms with Crippen molar-refractivity contribution in [2.75, 3.05) is 24.6 Å². The van der Waals surface area contributed by atoms with Crippen molar-refractivity contribution < 1.29 is 18.0 Å². The average Bonchev–Trinajstić information content (AvgIpc) is 2.88. The number of carbonyl (C=O) groups excluding carboxylic acids is 2. The summed E-state index contributed by atoms with van der Waals surface area (Å²) in [7, 11) is -3.29. The van der Waals surface area contributed by atoms with Crippen LogP contribution in [-0.4, -0.2) is 66.7 Å². The van der Waals surface area contributed by atoms with Crippen molar-refractivity contribution in [3.8, 4) is 0 Å². The van der Waals surface area contributed by atoms with Crippen LogP contribution in [0.2, 0.25) is 5.02 Å². The van der Waals surface area contributed by atoms with E-state index in [2.05, 4.69) is 0 Å². The summed E-state index contributed by atoms with van der Waals surface area (Å²) in [6.45, 7) is 4.62. The third kappa shape index (κ3) is 3.88. The van der Waals surface area contributed by atoms with Gasteiger partial charge < -0.3 is 9.80 Å². The number of amides is 2. The minimum Gasteiger partial charge on any atom is -0.335 e. The van der Waals surface area contributed by atoms with Crippen molar-refractivity contribution in [2.45, 2.75) is 32.4 Å². The molecule has 0 aliphatic carbocycles. The molecule has 0 unspecified atom stereocenters. The van der Waals surface area contributed by atoms with Gasteiger partial charge in [-0.15, -0.1) is 0 Å². The van der Waals surface area contributed by atoms with Crippen molar-refractivity contribution in [1.29, 1.82) is 0 Å². The number of piperazine rings is 1. The van der Waals surface area contributed by atoms with Gasteiger partial charge in [0.25, 0.3) is 5.91 Å². The van der Waals surface area contributed by atoms with Crippen molar-refractivity contribution in [2.24, 2.45) is 5.92 Å². The molecule has 3 rings (SSSR count). The maximum Gasteiger partial charge on any atom is 0.254 e. The van der Waals surface area contributed by atoms with E-state index in [1.807, 2.05) is 13.8 Å². The Morgan fingerprint density at radius 1 is 1.08 bits per heavy atom. The molecule has 2 amide bonds. The summed E-state index contributed by atoms with van der Waals surface area (Å²) < 4.78 is 24.5. The van der Waals surface area contributed by atoms with Gasteiger partial charge in [0.05, 0.1) is 23.6 Å². The second kappa shape index (κ2) is 7.19. The van der Waals surface area contributed by atoms with E-state index < -0.39 is 21.9 Å². The molecule has 2 fully saturated rings. The highest BCUT2D eigenvalue weighted by atomic mass is 35.5. The summed E-state index contributed by atoms with van der Waals surface area (Å²) in [4.78, 5) is 28.7. The number of hydrogen-bond donors (Lipinski definition) is 0. The lowest BCUT2D eigenvalue weighted by atomic mass is 10.0. The lowest BCUT2D eigenvalue weighted by Crippen LogP contribution is -2.62. The van der Waals surface area contributed by atoms with Gasteiger partial charge in [0.2, 0.25) is 5.91 Å². The van der Waals surface area contributed by atoms with Gasteiger partial charge >= 0.3 is 0 Å². The molecule has 0 bridgehead atoms. The molecule has 2 atom stereocenters. The first-order valence-corrected chi connectivity index (χ1v) is 10.9. The summed E-state index contributed by atoms with van der Waals surface area (Å²) in [5.74, 6) is -0.225. The Kier molecular flexibility index (Phi) is 5.30. The number of hydrogen-bond acceptors (Lipinski definition) is 4. The molecule has 2 aliphatic heterocycles. The van der Waals surface area contributed by atoms with Crippen molar-refractivity contribution in [3.63, 3.8) is 0 Å². The van der Waals surface area contributed by atoms with Crippen LogP contribution in [0.5, 0.6) is 0 Å². The molecule has 8 heteroatoms. The Balaban J connectivity index is 1.85. The zero-order valence-corrected chi connectivity index (χ0v) is 16.5. The summed E-state index contributed by atoms with van der Waals surface area (Å²) in [5, 5.41) is 0.534. The van der Waals surface area contributed by atoms with Gasteiger partial charge in [-0.2, -0.15) is 0 Å². The van der Waals surface area contributed by atoms with Crippen LogP contribution in [-0.2, 0) is 14.6 Å². The highest BCUT2D eigenvalue weighted by Gasteiger charge is 2.49. The van der Waals surface area contributed by atoms with E-state index in [9.17, 15) is 18.0 Å². The van der Waals surface area contributed by atoms with Crippen LogP contribution in [0.15, 0.2) is 24.3 Å². The number of nitrogens with zero attached hydrogens (tertiary/aromatic N) is 2. The minimum absolute atomic E-state index is 0.0364. The molecule has 2 heterocycles. The monoisotopic (exact) mass is 398 g/mol. The Hall–Kier alpha value is -1.60. The highest BCUT2D eigenvalue weighted by Crippen LogP contribution is 2.29. The fourth-order valence-electron chi connectivity index (χ4n) is 3.74. The van der Waals surface area contributed by atoms with E-state index in [-0.39, 0.29) is 29.2 Å². The van der Waals surface area contributed by atoms with Crippen molar-refractivity contribution in [3.05, 3.63) is 34.9 Å². The molecule has 0 aromatic heterocycles. The largest absolute Gasteiger partial charge is 0.335 e. The normalized spacial score (nSPS) is 24.6. The summed E-state index contributed by atoms with van der Waals surface area (Å²) in [6, 6.07) is 5.60. The van der Waals surface area contributed by atoms with Gasteiger partial charge in [-0.3, -0.25) is 9.59 Å². The summed E-state index contributed by atoms with van der Waals surface area (Å²) >= 11 is 5.88. The Morgan fingerprint density at radius 3 is 2.19 bits per heavy atom. The first-order chi connectivity index (χ1) is 12.2. The summed E-state index contributed by atoms with van der Waals surface area (Å²) in [6.07, 6.45) is 0.383. The topological polar surface area (TPSA) is 74.8 Å².